The SMILES string of the molecule is COC(=O)CCC/C=C\CC1=CCC[C@@H]1CN. The molecule has 96 valence electrons. The molecule has 0 aromatic rings. The minimum absolute atomic E-state index is 0.125. The normalized spacial score (nSPS) is 19.6. The Morgan fingerprint density at radius 3 is 3.12 bits per heavy atom. The van der Waals surface area contributed by atoms with Crippen molar-refractivity contribution in [3.63, 3.8) is 0 Å². The molecule has 0 spiro atoms. The van der Waals surface area contributed by atoms with Crippen LogP contribution in [0.25, 0.3) is 0 Å². The first-order valence-electron chi connectivity index (χ1n) is 6.38. The molecule has 0 unspecified atom stereocenters. The van der Waals surface area contributed by atoms with Crippen molar-refractivity contribution >= 4 is 5.97 Å². The minimum atomic E-state index is -0.125. The van der Waals surface area contributed by atoms with Crippen LogP contribution in [0.1, 0.15) is 38.5 Å². The lowest BCUT2D eigenvalue weighted by atomic mass is 9.99. The van der Waals surface area contributed by atoms with Gasteiger partial charge in [0.25, 0.3) is 0 Å². The lowest BCUT2D eigenvalue weighted by Gasteiger charge is -2.09. The monoisotopic (exact) mass is 237 g/mol. The van der Waals surface area contributed by atoms with Crippen molar-refractivity contribution in [1.29, 1.82) is 0 Å². The van der Waals surface area contributed by atoms with Gasteiger partial charge < -0.3 is 10.5 Å². The molecule has 0 heterocycles. The Bertz CT molecular complexity index is 295. The Morgan fingerprint density at radius 1 is 1.59 bits per heavy atom. The fraction of sp³-hybridized carbons (Fsp3) is 0.643. The molecule has 1 aliphatic rings. The van der Waals surface area contributed by atoms with E-state index in [1.165, 1.54) is 25.5 Å². The average Bonchev–Trinajstić information content (AvgIpc) is 2.80. The highest BCUT2D eigenvalue weighted by Crippen LogP contribution is 2.27. The Kier molecular flexibility index (Phi) is 6.63. The first-order chi connectivity index (χ1) is 8.27. The molecule has 0 amide bonds. The van der Waals surface area contributed by atoms with E-state index in [0.717, 1.165) is 25.8 Å². The second-order valence-corrected chi connectivity index (χ2v) is 4.43. The van der Waals surface area contributed by atoms with Crippen LogP contribution in [0.3, 0.4) is 0 Å². The molecule has 0 aliphatic heterocycles. The molecular weight excluding hydrogens is 214 g/mol. The first-order valence-corrected chi connectivity index (χ1v) is 6.38. The number of methoxy groups -OCH3 is 1. The highest BCUT2D eigenvalue weighted by Gasteiger charge is 2.15. The number of hydrogen-bond acceptors (Lipinski definition) is 3. The summed E-state index contributed by atoms with van der Waals surface area (Å²) in [5.74, 6) is 0.467. The molecule has 0 aromatic carbocycles. The van der Waals surface area contributed by atoms with E-state index >= 15 is 0 Å². The third-order valence-corrected chi connectivity index (χ3v) is 3.23. The molecule has 0 aromatic heterocycles. The van der Waals surface area contributed by atoms with Gasteiger partial charge in [-0.15, -0.1) is 0 Å². The van der Waals surface area contributed by atoms with Crippen molar-refractivity contribution in [2.75, 3.05) is 13.7 Å². The van der Waals surface area contributed by atoms with Gasteiger partial charge in [-0.3, -0.25) is 4.79 Å². The highest BCUT2D eigenvalue weighted by molar-refractivity contribution is 5.69. The van der Waals surface area contributed by atoms with Crippen molar-refractivity contribution < 1.29 is 9.53 Å². The lowest BCUT2D eigenvalue weighted by molar-refractivity contribution is -0.140. The Hall–Kier alpha value is -1.09. The van der Waals surface area contributed by atoms with Gasteiger partial charge in [0.05, 0.1) is 7.11 Å². The topological polar surface area (TPSA) is 52.3 Å². The zero-order chi connectivity index (χ0) is 12.5. The number of allylic oxidation sites excluding steroid dienone is 3. The van der Waals surface area contributed by atoms with Crippen molar-refractivity contribution in [1.82, 2.24) is 0 Å². The van der Waals surface area contributed by atoms with Crippen molar-refractivity contribution in [3.05, 3.63) is 23.8 Å². The van der Waals surface area contributed by atoms with Gasteiger partial charge in [0, 0.05) is 6.42 Å². The smallest absolute Gasteiger partial charge is 0.305 e. The molecule has 3 heteroatoms. The molecule has 2 N–H and O–H groups in total. The third kappa shape index (κ3) is 5.18. The first kappa shape index (κ1) is 14.0. The molecule has 0 radical (unpaired) electrons. The van der Waals surface area contributed by atoms with E-state index in [4.69, 9.17) is 5.73 Å². The minimum Gasteiger partial charge on any atom is -0.469 e. The predicted octanol–water partition coefficient (Wildman–Crippen LogP) is 2.57. The number of carbonyl (C=O) groups excluding carboxylic acids is 1. The summed E-state index contributed by atoms with van der Waals surface area (Å²) >= 11 is 0. The number of unbranched alkanes of at least 4 members (excludes halogenated alkanes) is 1. The van der Waals surface area contributed by atoms with Gasteiger partial charge in [-0.1, -0.05) is 23.8 Å². The van der Waals surface area contributed by atoms with Crippen LogP contribution in [0, 0.1) is 5.92 Å². The molecular formula is C14H23NO2. The zero-order valence-corrected chi connectivity index (χ0v) is 10.7. The molecule has 0 saturated carbocycles. The second kappa shape index (κ2) is 8.07. The highest BCUT2D eigenvalue weighted by atomic mass is 16.5. The van der Waals surface area contributed by atoms with Crippen LogP contribution >= 0.6 is 0 Å². The quantitative estimate of drug-likeness (QED) is 0.420. The van der Waals surface area contributed by atoms with Crippen LogP contribution in [0.4, 0.5) is 0 Å². The maximum Gasteiger partial charge on any atom is 0.305 e. The summed E-state index contributed by atoms with van der Waals surface area (Å²) in [6.45, 7) is 0.766. The second-order valence-electron chi connectivity index (χ2n) is 4.43. The molecule has 1 atom stereocenters. The van der Waals surface area contributed by atoms with Crippen LogP contribution < -0.4 is 5.73 Å². The number of ether oxygens (including phenoxy) is 1. The average molecular weight is 237 g/mol. The summed E-state index contributed by atoms with van der Waals surface area (Å²) in [5.41, 5.74) is 7.19. The van der Waals surface area contributed by atoms with Gasteiger partial charge in [0.1, 0.15) is 0 Å². The van der Waals surface area contributed by atoms with Gasteiger partial charge in [0.2, 0.25) is 0 Å². The Balaban J connectivity index is 2.12. The van der Waals surface area contributed by atoms with Gasteiger partial charge >= 0.3 is 5.97 Å². The van der Waals surface area contributed by atoms with Crippen LogP contribution in [0.15, 0.2) is 23.8 Å². The number of esters is 1. The maximum atomic E-state index is 10.9. The largest absolute Gasteiger partial charge is 0.469 e. The van der Waals surface area contributed by atoms with Crippen LogP contribution in [0.5, 0.6) is 0 Å². The summed E-state index contributed by atoms with van der Waals surface area (Å²) in [5, 5.41) is 0. The van der Waals surface area contributed by atoms with Crippen molar-refractivity contribution in [2.24, 2.45) is 11.7 Å². The van der Waals surface area contributed by atoms with Gasteiger partial charge in [-0.2, -0.15) is 0 Å². The number of carbonyl (C=O) groups is 1. The molecule has 3 nitrogen and oxygen atoms in total. The zero-order valence-electron chi connectivity index (χ0n) is 10.7. The summed E-state index contributed by atoms with van der Waals surface area (Å²) in [4.78, 5) is 10.9. The standard InChI is InChI=1S/C14H23NO2/c1-17-14(16)10-5-3-2-4-7-12-8-6-9-13(12)11-15/h2,4,8,13H,3,5-7,9-11,15H2,1H3/b4-2-/t13-/m1/s1. The fourth-order valence-electron chi connectivity index (χ4n) is 2.14. The molecule has 0 bridgehead atoms. The Morgan fingerprint density at radius 2 is 2.41 bits per heavy atom. The van der Waals surface area contributed by atoms with E-state index in [2.05, 4.69) is 23.0 Å². The van der Waals surface area contributed by atoms with E-state index in [-0.39, 0.29) is 5.97 Å². The number of rotatable bonds is 7. The van der Waals surface area contributed by atoms with Crippen LogP contribution in [0.2, 0.25) is 0 Å². The fourth-order valence-corrected chi connectivity index (χ4v) is 2.14. The van der Waals surface area contributed by atoms with Gasteiger partial charge in [0.15, 0.2) is 0 Å². The summed E-state index contributed by atoms with van der Waals surface area (Å²) in [6, 6.07) is 0. The Labute approximate surface area is 104 Å². The van der Waals surface area contributed by atoms with Crippen LogP contribution in [-0.4, -0.2) is 19.6 Å². The van der Waals surface area contributed by atoms with E-state index in [1.54, 1.807) is 0 Å². The van der Waals surface area contributed by atoms with E-state index in [0.29, 0.717) is 12.3 Å². The number of hydrogen-bond donors (Lipinski definition) is 1. The third-order valence-electron chi connectivity index (χ3n) is 3.23. The molecule has 0 fully saturated rings. The summed E-state index contributed by atoms with van der Waals surface area (Å²) in [6.07, 6.45) is 12.4. The van der Waals surface area contributed by atoms with Gasteiger partial charge in [-0.25, -0.2) is 0 Å². The summed E-state index contributed by atoms with van der Waals surface area (Å²) < 4.78 is 4.58. The van der Waals surface area contributed by atoms with Crippen molar-refractivity contribution in [3.8, 4) is 0 Å². The van der Waals surface area contributed by atoms with Gasteiger partial charge in [-0.05, 0) is 44.6 Å². The molecule has 0 saturated heterocycles. The molecule has 1 rings (SSSR count). The lowest BCUT2D eigenvalue weighted by Crippen LogP contribution is -2.13. The van der Waals surface area contributed by atoms with Crippen LogP contribution in [-0.2, 0) is 9.53 Å². The predicted molar refractivity (Wildman–Crippen MR) is 69.5 cm³/mol. The van der Waals surface area contributed by atoms with E-state index < -0.39 is 0 Å². The molecule has 1 aliphatic carbocycles. The summed E-state index contributed by atoms with van der Waals surface area (Å²) in [7, 11) is 1.43. The molecule has 17 heavy (non-hydrogen) atoms. The van der Waals surface area contributed by atoms with E-state index in [9.17, 15) is 4.79 Å². The van der Waals surface area contributed by atoms with Crippen molar-refractivity contribution in [2.45, 2.75) is 38.5 Å². The maximum absolute atomic E-state index is 10.9. The van der Waals surface area contributed by atoms with E-state index in [1.807, 2.05) is 0 Å². The number of nitrogens with two attached hydrogens (primary N) is 1.